The number of aryl methyl sites for hydroxylation is 2. The maximum atomic E-state index is 6.33. The monoisotopic (exact) mass is 292 g/mol. The van der Waals surface area contributed by atoms with Crippen LogP contribution >= 0.6 is 15.9 Å². The van der Waals surface area contributed by atoms with Gasteiger partial charge in [0, 0.05) is 21.2 Å². The molecule has 90 valence electrons. The number of nitrogens with two attached hydrogens (primary N) is 1. The molecule has 17 heavy (non-hydrogen) atoms. The van der Waals surface area contributed by atoms with E-state index in [1.807, 2.05) is 13.0 Å². The molecule has 0 unspecified atom stereocenters. The number of fused-ring (bicyclic) bond motifs is 1. The normalized spacial score (nSPS) is 11.4. The van der Waals surface area contributed by atoms with Crippen molar-refractivity contribution in [1.29, 1.82) is 0 Å². The topological polar surface area (TPSA) is 38.9 Å². The summed E-state index contributed by atoms with van der Waals surface area (Å²) in [5, 5.41) is 1.08. The Hall–Kier alpha value is -1.09. The number of nitrogen functional groups attached to an aromatic ring is 1. The van der Waals surface area contributed by atoms with E-state index >= 15 is 0 Å². The zero-order valence-electron chi connectivity index (χ0n) is 10.6. The molecular formula is C14H17BrN2. The fourth-order valence-corrected chi connectivity index (χ4v) is 2.82. The zero-order valence-corrected chi connectivity index (χ0v) is 12.2. The minimum Gasteiger partial charge on any atom is -0.398 e. The highest BCUT2D eigenvalue weighted by atomic mass is 79.9. The first-order chi connectivity index (χ1) is 7.93. The molecule has 2 rings (SSSR count). The number of halogens is 1. The Morgan fingerprint density at radius 1 is 1.24 bits per heavy atom. The summed E-state index contributed by atoms with van der Waals surface area (Å²) < 4.78 is 1.00. The van der Waals surface area contributed by atoms with Gasteiger partial charge in [-0.25, -0.2) is 0 Å². The van der Waals surface area contributed by atoms with Crippen molar-refractivity contribution in [2.24, 2.45) is 0 Å². The second kappa shape index (κ2) is 4.30. The molecule has 0 spiro atoms. The molecule has 0 aliphatic heterocycles. The van der Waals surface area contributed by atoms with Gasteiger partial charge in [0.2, 0.25) is 0 Å². The molecule has 1 aromatic heterocycles. The van der Waals surface area contributed by atoms with Gasteiger partial charge < -0.3 is 5.73 Å². The fourth-order valence-electron chi connectivity index (χ4n) is 2.40. The molecule has 0 radical (unpaired) electrons. The number of rotatable bonds is 1. The minimum absolute atomic E-state index is 0.394. The largest absolute Gasteiger partial charge is 0.398 e. The number of pyridine rings is 1. The van der Waals surface area contributed by atoms with Gasteiger partial charge in [0.25, 0.3) is 0 Å². The van der Waals surface area contributed by atoms with E-state index in [2.05, 4.69) is 42.8 Å². The summed E-state index contributed by atoms with van der Waals surface area (Å²) in [6.07, 6.45) is 0. The standard InChI is InChI=1S/C14H17BrN2/c1-7(2)11-9(4)17-14-10(15)6-5-8(3)12(14)13(11)16/h5-7H,1-4H3,(H2,16,17). The highest BCUT2D eigenvalue weighted by Gasteiger charge is 2.15. The van der Waals surface area contributed by atoms with Gasteiger partial charge in [0.15, 0.2) is 0 Å². The Morgan fingerprint density at radius 2 is 1.88 bits per heavy atom. The maximum absolute atomic E-state index is 6.33. The van der Waals surface area contributed by atoms with E-state index in [1.165, 1.54) is 11.1 Å². The average molecular weight is 293 g/mol. The number of aromatic nitrogens is 1. The van der Waals surface area contributed by atoms with Gasteiger partial charge in [0.05, 0.1) is 5.52 Å². The van der Waals surface area contributed by atoms with Crippen LogP contribution in [0.4, 0.5) is 5.69 Å². The van der Waals surface area contributed by atoms with Crippen LogP contribution in [0.5, 0.6) is 0 Å². The zero-order chi connectivity index (χ0) is 12.7. The Morgan fingerprint density at radius 3 is 2.47 bits per heavy atom. The number of hydrogen-bond acceptors (Lipinski definition) is 2. The lowest BCUT2D eigenvalue weighted by molar-refractivity contribution is 0.851. The van der Waals surface area contributed by atoms with Crippen molar-refractivity contribution in [2.45, 2.75) is 33.6 Å². The third-order valence-electron chi connectivity index (χ3n) is 3.14. The lowest BCUT2D eigenvalue weighted by Crippen LogP contribution is -2.04. The predicted molar refractivity (Wildman–Crippen MR) is 77.4 cm³/mol. The van der Waals surface area contributed by atoms with Gasteiger partial charge in [-0.05, 0) is 52.9 Å². The molecule has 0 atom stereocenters. The third kappa shape index (κ3) is 1.93. The van der Waals surface area contributed by atoms with Crippen molar-refractivity contribution in [1.82, 2.24) is 4.98 Å². The summed E-state index contributed by atoms with van der Waals surface area (Å²) in [7, 11) is 0. The second-order valence-electron chi connectivity index (χ2n) is 4.77. The molecule has 0 saturated heterocycles. The molecule has 0 aliphatic rings. The first-order valence-corrected chi connectivity index (χ1v) is 6.57. The minimum atomic E-state index is 0.394. The Bertz CT molecular complexity index is 589. The van der Waals surface area contributed by atoms with Crippen molar-refractivity contribution in [2.75, 3.05) is 5.73 Å². The van der Waals surface area contributed by atoms with Crippen LogP contribution in [-0.4, -0.2) is 4.98 Å². The summed E-state index contributed by atoms with van der Waals surface area (Å²) in [6, 6.07) is 4.10. The van der Waals surface area contributed by atoms with Crippen LogP contribution < -0.4 is 5.73 Å². The third-order valence-corrected chi connectivity index (χ3v) is 3.78. The number of anilines is 1. The molecule has 0 aliphatic carbocycles. The van der Waals surface area contributed by atoms with Crippen LogP contribution in [0.1, 0.15) is 36.6 Å². The van der Waals surface area contributed by atoms with Crippen molar-refractivity contribution in [3.8, 4) is 0 Å². The second-order valence-corrected chi connectivity index (χ2v) is 5.62. The lowest BCUT2D eigenvalue weighted by Gasteiger charge is -2.16. The first kappa shape index (κ1) is 12.4. The molecule has 3 heteroatoms. The van der Waals surface area contributed by atoms with E-state index in [9.17, 15) is 0 Å². The summed E-state index contributed by atoms with van der Waals surface area (Å²) in [5.41, 5.74) is 11.5. The highest BCUT2D eigenvalue weighted by Crippen LogP contribution is 2.35. The van der Waals surface area contributed by atoms with Crippen LogP contribution in [0.15, 0.2) is 16.6 Å². The Balaban J connectivity index is 2.97. The quantitative estimate of drug-likeness (QED) is 0.850. The van der Waals surface area contributed by atoms with Gasteiger partial charge in [-0.1, -0.05) is 19.9 Å². The SMILES string of the molecule is Cc1nc2c(Br)ccc(C)c2c(N)c1C(C)C. The molecule has 2 N–H and O–H groups in total. The molecule has 0 bridgehead atoms. The van der Waals surface area contributed by atoms with E-state index in [4.69, 9.17) is 10.7 Å². The molecular weight excluding hydrogens is 276 g/mol. The van der Waals surface area contributed by atoms with Crippen molar-refractivity contribution < 1.29 is 0 Å². The molecule has 2 nitrogen and oxygen atoms in total. The molecule has 0 fully saturated rings. The molecule has 0 saturated carbocycles. The number of benzene rings is 1. The van der Waals surface area contributed by atoms with Crippen LogP contribution in [0.2, 0.25) is 0 Å². The van der Waals surface area contributed by atoms with E-state index < -0.39 is 0 Å². The van der Waals surface area contributed by atoms with Crippen LogP contribution in [-0.2, 0) is 0 Å². The molecule has 0 amide bonds. The Labute approximate surface area is 110 Å². The smallest absolute Gasteiger partial charge is 0.0870 e. The average Bonchev–Trinajstić information content (AvgIpc) is 2.22. The maximum Gasteiger partial charge on any atom is 0.0870 e. The first-order valence-electron chi connectivity index (χ1n) is 5.78. The van der Waals surface area contributed by atoms with E-state index in [1.54, 1.807) is 0 Å². The van der Waals surface area contributed by atoms with E-state index in [0.717, 1.165) is 26.8 Å². The fraction of sp³-hybridized carbons (Fsp3) is 0.357. The van der Waals surface area contributed by atoms with Gasteiger partial charge >= 0.3 is 0 Å². The van der Waals surface area contributed by atoms with Crippen molar-refractivity contribution in [3.05, 3.63) is 33.4 Å². The van der Waals surface area contributed by atoms with Crippen LogP contribution in [0.3, 0.4) is 0 Å². The van der Waals surface area contributed by atoms with Crippen molar-refractivity contribution in [3.63, 3.8) is 0 Å². The predicted octanol–water partition coefficient (Wildman–Crippen LogP) is 4.32. The van der Waals surface area contributed by atoms with Crippen molar-refractivity contribution >= 4 is 32.5 Å². The van der Waals surface area contributed by atoms with E-state index in [-0.39, 0.29) is 0 Å². The molecule has 1 heterocycles. The van der Waals surface area contributed by atoms with Gasteiger partial charge in [-0.2, -0.15) is 0 Å². The van der Waals surface area contributed by atoms with Crippen LogP contribution in [0, 0.1) is 13.8 Å². The number of nitrogens with zero attached hydrogens (tertiary/aromatic N) is 1. The summed E-state index contributed by atoms with van der Waals surface area (Å²) in [6.45, 7) is 8.41. The summed E-state index contributed by atoms with van der Waals surface area (Å²) in [5.74, 6) is 0.394. The van der Waals surface area contributed by atoms with Gasteiger partial charge in [-0.3, -0.25) is 4.98 Å². The number of hydrogen-bond donors (Lipinski definition) is 1. The van der Waals surface area contributed by atoms with Gasteiger partial charge in [-0.15, -0.1) is 0 Å². The highest BCUT2D eigenvalue weighted by molar-refractivity contribution is 9.10. The lowest BCUT2D eigenvalue weighted by atomic mass is 9.95. The Kier molecular flexibility index (Phi) is 3.13. The summed E-state index contributed by atoms with van der Waals surface area (Å²) >= 11 is 3.54. The molecule has 1 aromatic carbocycles. The van der Waals surface area contributed by atoms with Gasteiger partial charge in [0.1, 0.15) is 0 Å². The van der Waals surface area contributed by atoms with Crippen LogP contribution in [0.25, 0.3) is 10.9 Å². The van der Waals surface area contributed by atoms with E-state index in [0.29, 0.717) is 5.92 Å². The summed E-state index contributed by atoms with van der Waals surface area (Å²) in [4.78, 5) is 4.69. The molecule has 2 aromatic rings.